The maximum atomic E-state index is 13.7. The molecular formula is C16H16FN3O2S. The third kappa shape index (κ3) is 3.24. The Labute approximate surface area is 137 Å². The number of carbonyl (C=O) groups is 2. The Morgan fingerprint density at radius 3 is 2.87 bits per heavy atom. The molecule has 1 N–H and O–H groups in total. The molecule has 0 spiro atoms. The van der Waals surface area contributed by atoms with Crippen molar-refractivity contribution in [1.29, 1.82) is 0 Å². The van der Waals surface area contributed by atoms with Crippen molar-refractivity contribution in [3.8, 4) is 0 Å². The zero-order valence-electron chi connectivity index (χ0n) is 12.8. The summed E-state index contributed by atoms with van der Waals surface area (Å²) >= 11 is 1.35. The lowest BCUT2D eigenvalue weighted by Gasteiger charge is -2.17. The van der Waals surface area contributed by atoms with Gasteiger partial charge in [-0.1, -0.05) is 6.07 Å². The van der Waals surface area contributed by atoms with Gasteiger partial charge in [0.1, 0.15) is 5.82 Å². The van der Waals surface area contributed by atoms with Gasteiger partial charge in [0.15, 0.2) is 5.13 Å². The number of hydrogen-bond donors (Lipinski definition) is 1. The second-order valence-corrected chi connectivity index (χ2v) is 6.48. The molecule has 23 heavy (non-hydrogen) atoms. The molecule has 1 aromatic heterocycles. The summed E-state index contributed by atoms with van der Waals surface area (Å²) in [6.45, 7) is 3.76. The summed E-state index contributed by atoms with van der Waals surface area (Å²) in [4.78, 5) is 30.1. The van der Waals surface area contributed by atoms with Crippen LogP contribution in [0.15, 0.2) is 23.6 Å². The Morgan fingerprint density at radius 2 is 2.22 bits per heavy atom. The Morgan fingerprint density at radius 1 is 1.43 bits per heavy atom. The monoisotopic (exact) mass is 333 g/mol. The molecule has 0 unspecified atom stereocenters. The maximum absolute atomic E-state index is 13.7. The molecule has 0 aliphatic carbocycles. The fourth-order valence-electron chi connectivity index (χ4n) is 2.50. The zero-order chi connectivity index (χ0) is 16.6. The molecule has 5 nitrogen and oxygen atoms in total. The van der Waals surface area contributed by atoms with Crippen LogP contribution in [0.4, 0.5) is 15.2 Å². The summed E-state index contributed by atoms with van der Waals surface area (Å²) in [6.07, 6.45) is 0.117. The lowest BCUT2D eigenvalue weighted by molar-refractivity contribution is -0.122. The van der Waals surface area contributed by atoms with E-state index >= 15 is 0 Å². The Hall–Kier alpha value is -2.28. The molecule has 2 heterocycles. The van der Waals surface area contributed by atoms with Gasteiger partial charge < -0.3 is 10.2 Å². The van der Waals surface area contributed by atoms with Gasteiger partial charge in [-0.25, -0.2) is 9.37 Å². The largest absolute Gasteiger partial charge is 0.311 e. The highest BCUT2D eigenvalue weighted by Gasteiger charge is 2.35. The van der Waals surface area contributed by atoms with E-state index in [1.165, 1.54) is 22.3 Å². The number of amides is 2. The minimum Gasteiger partial charge on any atom is -0.311 e. The molecule has 1 fully saturated rings. The van der Waals surface area contributed by atoms with Crippen LogP contribution in [0, 0.1) is 25.6 Å². The van der Waals surface area contributed by atoms with E-state index in [1.807, 2.05) is 12.3 Å². The first kappa shape index (κ1) is 15.6. The minimum atomic E-state index is -0.462. The lowest BCUT2D eigenvalue weighted by Crippen LogP contribution is -2.28. The van der Waals surface area contributed by atoms with Crippen molar-refractivity contribution in [3.05, 3.63) is 40.7 Å². The smallest absolute Gasteiger partial charge is 0.231 e. The van der Waals surface area contributed by atoms with Crippen LogP contribution in [0.2, 0.25) is 0 Å². The summed E-state index contributed by atoms with van der Waals surface area (Å²) in [5.74, 6) is -1.23. The average molecular weight is 333 g/mol. The number of hydrogen-bond acceptors (Lipinski definition) is 4. The Balaban J connectivity index is 1.71. The maximum Gasteiger partial charge on any atom is 0.231 e. The van der Waals surface area contributed by atoms with Gasteiger partial charge in [-0.15, -0.1) is 11.3 Å². The number of rotatable bonds is 3. The number of halogens is 1. The summed E-state index contributed by atoms with van der Waals surface area (Å²) in [5, 5.41) is 5.10. The first-order valence-corrected chi connectivity index (χ1v) is 8.11. The van der Waals surface area contributed by atoms with Gasteiger partial charge in [0.05, 0.1) is 11.6 Å². The van der Waals surface area contributed by atoms with Crippen LogP contribution in [0.5, 0.6) is 0 Å². The van der Waals surface area contributed by atoms with E-state index in [0.717, 1.165) is 5.69 Å². The number of aromatic nitrogens is 1. The van der Waals surface area contributed by atoms with Crippen LogP contribution in [-0.4, -0.2) is 23.3 Å². The van der Waals surface area contributed by atoms with E-state index in [1.54, 1.807) is 19.1 Å². The molecule has 120 valence electrons. The van der Waals surface area contributed by atoms with Crippen LogP contribution >= 0.6 is 11.3 Å². The fourth-order valence-corrected chi connectivity index (χ4v) is 3.19. The minimum absolute atomic E-state index is 0.117. The normalized spacial score (nSPS) is 17.6. The van der Waals surface area contributed by atoms with Gasteiger partial charge in [-0.3, -0.25) is 9.59 Å². The first-order valence-electron chi connectivity index (χ1n) is 7.23. The molecule has 3 rings (SSSR count). The number of benzene rings is 1. The summed E-state index contributed by atoms with van der Waals surface area (Å²) in [7, 11) is 0. The molecular weight excluding hydrogens is 317 g/mol. The molecule has 0 bridgehead atoms. The Kier molecular flexibility index (Phi) is 4.12. The predicted molar refractivity (Wildman–Crippen MR) is 87.1 cm³/mol. The van der Waals surface area contributed by atoms with E-state index in [2.05, 4.69) is 10.3 Å². The van der Waals surface area contributed by atoms with Gasteiger partial charge >= 0.3 is 0 Å². The molecule has 0 saturated carbocycles. The van der Waals surface area contributed by atoms with Crippen LogP contribution in [0.25, 0.3) is 0 Å². The average Bonchev–Trinajstić information content (AvgIpc) is 3.08. The second-order valence-electron chi connectivity index (χ2n) is 5.62. The summed E-state index contributed by atoms with van der Waals surface area (Å²) in [5.41, 5.74) is 1.84. The van der Waals surface area contributed by atoms with Crippen LogP contribution in [-0.2, 0) is 9.59 Å². The number of thiazole rings is 1. The molecule has 1 aromatic carbocycles. The number of nitrogens with zero attached hydrogens (tertiary/aromatic N) is 2. The molecule has 2 aromatic rings. The molecule has 1 saturated heterocycles. The number of aryl methyl sites for hydroxylation is 2. The van der Waals surface area contributed by atoms with Gasteiger partial charge in [0.25, 0.3) is 0 Å². The molecule has 1 aliphatic rings. The molecule has 2 amide bonds. The lowest BCUT2D eigenvalue weighted by atomic mass is 10.1. The van der Waals surface area contributed by atoms with Gasteiger partial charge in [0, 0.05) is 24.0 Å². The van der Waals surface area contributed by atoms with Crippen LogP contribution in [0.3, 0.4) is 0 Å². The standard InChI is InChI=1S/C16H16FN3O2S/c1-9-3-4-12(6-13(9)17)20-7-11(5-14(20)21)15(22)19-16-18-10(2)8-23-16/h3-4,6,8,11H,5,7H2,1-2H3,(H,18,19,22)/t11-/m0/s1. The van der Waals surface area contributed by atoms with Crippen molar-refractivity contribution in [2.75, 3.05) is 16.8 Å². The van der Waals surface area contributed by atoms with Crippen molar-refractivity contribution in [3.63, 3.8) is 0 Å². The van der Waals surface area contributed by atoms with Gasteiger partial charge in [-0.05, 0) is 31.5 Å². The molecule has 0 radical (unpaired) electrons. The number of carbonyl (C=O) groups excluding carboxylic acids is 2. The first-order chi connectivity index (χ1) is 10.9. The highest BCUT2D eigenvalue weighted by molar-refractivity contribution is 7.13. The van der Waals surface area contributed by atoms with E-state index in [0.29, 0.717) is 16.4 Å². The summed E-state index contributed by atoms with van der Waals surface area (Å²) < 4.78 is 13.7. The van der Waals surface area contributed by atoms with Gasteiger partial charge in [-0.2, -0.15) is 0 Å². The topological polar surface area (TPSA) is 62.3 Å². The van der Waals surface area contributed by atoms with Crippen molar-refractivity contribution in [1.82, 2.24) is 4.98 Å². The van der Waals surface area contributed by atoms with Crippen LogP contribution in [0.1, 0.15) is 17.7 Å². The molecule has 1 atom stereocenters. The van der Waals surface area contributed by atoms with Crippen molar-refractivity contribution < 1.29 is 14.0 Å². The highest BCUT2D eigenvalue weighted by atomic mass is 32.1. The quantitative estimate of drug-likeness (QED) is 0.939. The van der Waals surface area contributed by atoms with Crippen LogP contribution < -0.4 is 10.2 Å². The van der Waals surface area contributed by atoms with E-state index in [-0.39, 0.29) is 30.6 Å². The number of nitrogens with one attached hydrogen (secondary N) is 1. The van der Waals surface area contributed by atoms with E-state index in [9.17, 15) is 14.0 Å². The third-order valence-corrected chi connectivity index (χ3v) is 4.69. The zero-order valence-corrected chi connectivity index (χ0v) is 13.6. The SMILES string of the molecule is Cc1csc(NC(=O)[C@H]2CC(=O)N(c3ccc(C)c(F)c3)C2)n1. The fraction of sp³-hybridized carbons (Fsp3) is 0.312. The van der Waals surface area contributed by atoms with E-state index < -0.39 is 5.92 Å². The second kappa shape index (κ2) is 6.08. The van der Waals surface area contributed by atoms with Crippen molar-refractivity contribution in [2.45, 2.75) is 20.3 Å². The predicted octanol–water partition coefficient (Wildman–Crippen LogP) is 2.89. The molecule has 1 aliphatic heterocycles. The van der Waals surface area contributed by atoms with Crippen molar-refractivity contribution in [2.24, 2.45) is 5.92 Å². The van der Waals surface area contributed by atoms with Gasteiger partial charge in [0.2, 0.25) is 11.8 Å². The van der Waals surface area contributed by atoms with Crippen molar-refractivity contribution >= 4 is 34.0 Å². The van der Waals surface area contributed by atoms with E-state index in [4.69, 9.17) is 0 Å². The molecule has 7 heteroatoms. The number of anilines is 2. The highest BCUT2D eigenvalue weighted by Crippen LogP contribution is 2.27. The Bertz CT molecular complexity index is 774. The summed E-state index contributed by atoms with van der Waals surface area (Å²) in [6, 6.07) is 4.65. The third-order valence-electron chi connectivity index (χ3n) is 3.81.